The molecular formula is C13H18BrN3O2. The predicted molar refractivity (Wildman–Crippen MR) is 77.1 cm³/mol. The summed E-state index contributed by atoms with van der Waals surface area (Å²) in [6, 6.07) is 3.76. The quantitative estimate of drug-likeness (QED) is 0.826. The molecule has 2 heterocycles. The van der Waals surface area contributed by atoms with Gasteiger partial charge in [-0.15, -0.1) is 0 Å². The van der Waals surface area contributed by atoms with E-state index in [0.29, 0.717) is 13.2 Å². The summed E-state index contributed by atoms with van der Waals surface area (Å²) in [6.07, 6.45) is 0. The number of hydrogen-bond acceptors (Lipinski definition) is 4. The number of aryl methyl sites for hydroxylation is 1. The molecule has 0 radical (unpaired) electrons. The first-order valence-electron chi connectivity index (χ1n) is 6.37. The van der Waals surface area contributed by atoms with Crippen molar-refractivity contribution in [2.45, 2.75) is 19.9 Å². The Hall–Kier alpha value is -0.980. The van der Waals surface area contributed by atoms with Gasteiger partial charge in [-0.1, -0.05) is 6.92 Å². The van der Waals surface area contributed by atoms with Crippen LogP contribution in [0.1, 0.15) is 12.6 Å². The van der Waals surface area contributed by atoms with Crippen molar-refractivity contribution in [3.05, 3.63) is 22.4 Å². The van der Waals surface area contributed by atoms with E-state index in [-0.39, 0.29) is 17.9 Å². The molecule has 0 aliphatic carbocycles. The average Bonchev–Trinajstić information content (AvgIpc) is 2.81. The summed E-state index contributed by atoms with van der Waals surface area (Å²) in [5.74, 6) is -0.168. The molecule has 1 aromatic rings. The van der Waals surface area contributed by atoms with Crippen LogP contribution in [-0.4, -0.2) is 36.7 Å². The summed E-state index contributed by atoms with van der Waals surface area (Å²) in [5, 5.41) is 6.20. The number of amides is 1. The number of rotatable bonds is 4. The molecule has 0 bridgehead atoms. The number of nitrogens with one attached hydrogen (secondary N) is 2. The van der Waals surface area contributed by atoms with Crippen molar-refractivity contribution in [3.8, 4) is 0 Å². The second-order valence-electron chi connectivity index (χ2n) is 4.56. The molecule has 1 fully saturated rings. The monoisotopic (exact) mass is 327 g/mol. The van der Waals surface area contributed by atoms with E-state index in [0.717, 1.165) is 22.5 Å². The molecule has 5 nitrogen and oxygen atoms in total. The first-order chi connectivity index (χ1) is 9.11. The van der Waals surface area contributed by atoms with Gasteiger partial charge in [-0.05, 0) is 41.5 Å². The van der Waals surface area contributed by atoms with Gasteiger partial charge in [0, 0.05) is 6.04 Å². The van der Waals surface area contributed by atoms with E-state index in [2.05, 4.69) is 31.5 Å². The molecule has 2 rings (SSSR count). The lowest BCUT2D eigenvalue weighted by atomic mass is 10.0. The van der Waals surface area contributed by atoms with Crippen molar-refractivity contribution >= 4 is 27.5 Å². The molecule has 1 saturated heterocycles. The minimum Gasteiger partial charge on any atom is -0.379 e. The van der Waals surface area contributed by atoms with Crippen LogP contribution in [0, 0.1) is 12.8 Å². The van der Waals surface area contributed by atoms with Crippen molar-refractivity contribution in [3.63, 3.8) is 0 Å². The molecule has 0 saturated carbocycles. The highest BCUT2D eigenvalue weighted by Gasteiger charge is 2.33. The number of likely N-dealkylation sites (N-methyl/N-ethyl adjacent to an activating group) is 1. The average molecular weight is 328 g/mol. The fraction of sp³-hybridized carbons (Fsp3) is 0.538. The van der Waals surface area contributed by atoms with Crippen LogP contribution < -0.4 is 10.6 Å². The fourth-order valence-electron chi connectivity index (χ4n) is 2.16. The zero-order valence-corrected chi connectivity index (χ0v) is 12.7. The molecule has 1 aliphatic heterocycles. The van der Waals surface area contributed by atoms with Gasteiger partial charge >= 0.3 is 0 Å². The highest BCUT2D eigenvalue weighted by atomic mass is 79.9. The van der Waals surface area contributed by atoms with Gasteiger partial charge < -0.3 is 15.4 Å². The van der Waals surface area contributed by atoms with Gasteiger partial charge in [0.25, 0.3) is 0 Å². The number of carbonyl (C=O) groups is 1. The van der Waals surface area contributed by atoms with Crippen LogP contribution in [0.25, 0.3) is 0 Å². The Morgan fingerprint density at radius 3 is 3.00 bits per heavy atom. The third-order valence-electron chi connectivity index (χ3n) is 3.19. The number of hydrogen-bond donors (Lipinski definition) is 2. The number of aromatic nitrogens is 1. The molecule has 2 unspecified atom stereocenters. The fourth-order valence-corrected chi connectivity index (χ4v) is 2.56. The topological polar surface area (TPSA) is 63.2 Å². The Morgan fingerprint density at radius 2 is 2.32 bits per heavy atom. The van der Waals surface area contributed by atoms with Crippen LogP contribution >= 0.6 is 15.9 Å². The standard InChI is InChI=1S/C13H18BrN3O2/c1-3-15-11-7-19-6-9(11)13(18)17-10-4-5-12(14)16-8(10)2/h4-5,9,11,15H,3,6-7H2,1-2H3,(H,17,18). The summed E-state index contributed by atoms with van der Waals surface area (Å²) in [4.78, 5) is 16.5. The van der Waals surface area contributed by atoms with E-state index < -0.39 is 0 Å². The minimum atomic E-state index is -0.150. The second-order valence-corrected chi connectivity index (χ2v) is 5.38. The van der Waals surface area contributed by atoms with Crippen LogP contribution in [0.4, 0.5) is 5.69 Å². The highest BCUT2D eigenvalue weighted by Crippen LogP contribution is 2.20. The Kier molecular flexibility index (Phi) is 4.90. The Morgan fingerprint density at radius 1 is 1.53 bits per heavy atom. The van der Waals surface area contributed by atoms with Crippen LogP contribution in [-0.2, 0) is 9.53 Å². The van der Waals surface area contributed by atoms with Gasteiger partial charge in [0.15, 0.2) is 0 Å². The molecule has 104 valence electrons. The first-order valence-corrected chi connectivity index (χ1v) is 7.16. The molecule has 2 atom stereocenters. The molecule has 6 heteroatoms. The van der Waals surface area contributed by atoms with E-state index in [1.54, 1.807) is 0 Å². The maximum Gasteiger partial charge on any atom is 0.231 e. The summed E-state index contributed by atoms with van der Waals surface area (Å²) < 4.78 is 6.15. The van der Waals surface area contributed by atoms with E-state index in [4.69, 9.17) is 4.74 Å². The van der Waals surface area contributed by atoms with E-state index in [1.807, 2.05) is 26.0 Å². The molecule has 19 heavy (non-hydrogen) atoms. The molecule has 0 spiro atoms. The number of anilines is 1. The highest BCUT2D eigenvalue weighted by molar-refractivity contribution is 9.10. The third-order valence-corrected chi connectivity index (χ3v) is 3.63. The Bertz CT molecular complexity index is 467. The van der Waals surface area contributed by atoms with E-state index in [1.165, 1.54) is 0 Å². The van der Waals surface area contributed by atoms with Crippen LogP contribution in [0.3, 0.4) is 0 Å². The van der Waals surface area contributed by atoms with Crippen molar-refractivity contribution in [2.24, 2.45) is 5.92 Å². The number of pyridine rings is 1. The van der Waals surface area contributed by atoms with Crippen molar-refractivity contribution in [1.29, 1.82) is 0 Å². The summed E-state index contributed by atoms with van der Waals surface area (Å²) in [7, 11) is 0. The Balaban J connectivity index is 2.04. The zero-order valence-electron chi connectivity index (χ0n) is 11.1. The van der Waals surface area contributed by atoms with E-state index >= 15 is 0 Å². The summed E-state index contributed by atoms with van der Waals surface area (Å²) in [6.45, 7) is 5.77. The van der Waals surface area contributed by atoms with Crippen LogP contribution in [0.5, 0.6) is 0 Å². The lowest BCUT2D eigenvalue weighted by molar-refractivity contribution is -0.120. The maximum atomic E-state index is 12.3. The third kappa shape index (κ3) is 3.52. The Labute approximate surface area is 121 Å². The largest absolute Gasteiger partial charge is 0.379 e. The number of halogens is 1. The second kappa shape index (κ2) is 6.45. The van der Waals surface area contributed by atoms with Gasteiger partial charge in [0.1, 0.15) is 4.60 Å². The molecule has 2 N–H and O–H groups in total. The minimum absolute atomic E-state index is 0.0179. The molecular weight excluding hydrogens is 310 g/mol. The van der Waals surface area contributed by atoms with Crippen molar-refractivity contribution in [2.75, 3.05) is 25.1 Å². The zero-order chi connectivity index (χ0) is 13.8. The number of carbonyl (C=O) groups excluding carboxylic acids is 1. The number of ether oxygens (including phenoxy) is 1. The molecule has 1 aromatic heterocycles. The lowest BCUT2D eigenvalue weighted by Gasteiger charge is -2.18. The smallest absolute Gasteiger partial charge is 0.231 e. The molecule has 1 amide bonds. The maximum absolute atomic E-state index is 12.3. The summed E-state index contributed by atoms with van der Waals surface area (Å²) >= 11 is 3.31. The molecule has 1 aliphatic rings. The first kappa shape index (κ1) is 14.4. The van der Waals surface area contributed by atoms with Gasteiger partial charge in [-0.3, -0.25) is 4.79 Å². The van der Waals surface area contributed by atoms with Gasteiger partial charge in [-0.2, -0.15) is 0 Å². The van der Waals surface area contributed by atoms with Crippen LogP contribution in [0.2, 0.25) is 0 Å². The number of nitrogens with zero attached hydrogens (tertiary/aromatic N) is 1. The summed E-state index contributed by atoms with van der Waals surface area (Å²) in [5.41, 5.74) is 1.54. The van der Waals surface area contributed by atoms with Gasteiger partial charge in [0.2, 0.25) is 5.91 Å². The van der Waals surface area contributed by atoms with E-state index in [9.17, 15) is 4.79 Å². The molecule has 0 aromatic carbocycles. The van der Waals surface area contributed by atoms with Gasteiger partial charge in [-0.25, -0.2) is 4.98 Å². The predicted octanol–water partition coefficient (Wildman–Crippen LogP) is 1.72. The van der Waals surface area contributed by atoms with Gasteiger partial charge in [0.05, 0.1) is 30.5 Å². The lowest BCUT2D eigenvalue weighted by Crippen LogP contribution is -2.41. The van der Waals surface area contributed by atoms with Crippen molar-refractivity contribution < 1.29 is 9.53 Å². The van der Waals surface area contributed by atoms with Crippen LogP contribution in [0.15, 0.2) is 16.7 Å². The van der Waals surface area contributed by atoms with Crippen molar-refractivity contribution in [1.82, 2.24) is 10.3 Å². The SMILES string of the molecule is CCNC1COCC1C(=O)Nc1ccc(Br)nc1C. The normalized spacial score (nSPS) is 22.5.